The first-order chi connectivity index (χ1) is 16.0. The highest BCUT2D eigenvalue weighted by Crippen LogP contribution is 2.32. The first-order valence-corrected chi connectivity index (χ1v) is 11.2. The molecule has 0 bridgehead atoms. The number of likely N-dealkylation sites (tertiary alicyclic amines) is 1. The van der Waals surface area contributed by atoms with Crippen LogP contribution in [0.3, 0.4) is 0 Å². The van der Waals surface area contributed by atoms with E-state index in [9.17, 15) is 18.4 Å². The van der Waals surface area contributed by atoms with Gasteiger partial charge < -0.3 is 19.3 Å². The molecule has 2 aliphatic rings. The minimum absolute atomic E-state index is 0.0444. The van der Waals surface area contributed by atoms with Gasteiger partial charge in [-0.3, -0.25) is 9.59 Å². The zero-order valence-electron chi connectivity index (χ0n) is 18.6. The zero-order chi connectivity index (χ0) is 23.4. The summed E-state index contributed by atoms with van der Waals surface area (Å²) in [7, 11) is 1.61. The molecule has 2 fully saturated rings. The summed E-state index contributed by atoms with van der Waals surface area (Å²) in [4.78, 5) is 30.1. The predicted molar refractivity (Wildman–Crippen MR) is 118 cm³/mol. The summed E-state index contributed by atoms with van der Waals surface area (Å²) in [5.74, 6) is -0.0461. The summed E-state index contributed by atoms with van der Waals surface area (Å²) in [5, 5.41) is 0. The second-order valence-electron chi connectivity index (χ2n) is 8.51. The van der Waals surface area contributed by atoms with Crippen molar-refractivity contribution < 1.29 is 27.8 Å². The monoisotopic (exact) mass is 458 g/mol. The number of halogens is 2. The summed E-state index contributed by atoms with van der Waals surface area (Å²) in [6.07, 6.45) is 3.34. The molecule has 0 N–H and O–H groups in total. The van der Waals surface area contributed by atoms with E-state index in [1.54, 1.807) is 24.1 Å². The van der Waals surface area contributed by atoms with Gasteiger partial charge in [0.1, 0.15) is 11.5 Å². The van der Waals surface area contributed by atoms with Gasteiger partial charge in [0.2, 0.25) is 5.91 Å². The Morgan fingerprint density at radius 3 is 2.48 bits per heavy atom. The number of hydrogen-bond acceptors (Lipinski definition) is 4. The van der Waals surface area contributed by atoms with Gasteiger partial charge >= 0.3 is 6.61 Å². The van der Waals surface area contributed by atoms with Crippen LogP contribution in [0.4, 0.5) is 8.78 Å². The Kier molecular flexibility index (Phi) is 7.11. The van der Waals surface area contributed by atoms with Gasteiger partial charge in [-0.25, -0.2) is 0 Å². The number of methoxy groups -OCH3 is 1. The summed E-state index contributed by atoms with van der Waals surface area (Å²) in [6.45, 7) is -1.75. The van der Waals surface area contributed by atoms with Gasteiger partial charge in [-0.2, -0.15) is 8.78 Å². The Labute approximate surface area is 192 Å². The normalized spacial score (nSPS) is 18.2. The van der Waals surface area contributed by atoms with E-state index in [0.717, 1.165) is 24.2 Å². The molecule has 2 aromatic carbocycles. The van der Waals surface area contributed by atoms with Crippen LogP contribution in [0.2, 0.25) is 0 Å². The predicted octanol–water partition coefficient (Wildman–Crippen LogP) is 4.34. The molecule has 1 aliphatic carbocycles. The third kappa shape index (κ3) is 5.61. The Hall–Kier alpha value is -3.16. The zero-order valence-corrected chi connectivity index (χ0v) is 18.6. The SMILES string of the molecule is COc1ccc(CN(C(=O)C2CCCN(C(=O)c3ccccc3OC(F)F)C2)C2CC2)cc1. The fraction of sp³-hybridized carbons (Fsp3) is 0.440. The fourth-order valence-electron chi connectivity index (χ4n) is 4.31. The second-order valence-corrected chi connectivity index (χ2v) is 8.51. The molecule has 1 heterocycles. The molecule has 0 spiro atoms. The quantitative estimate of drug-likeness (QED) is 0.591. The van der Waals surface area contributed by atoms with Gasteiger partial charge in [0.25, 0.3) is 5.91 Å². The van der Waals surface area contributed by atoms with Crippen LogP contribution < -0.4 is 9.47 Å². The Morgan fingerprint density at radius 2 is 1.82 bits per heavy atom. The van der Waals surface area contributed by atoms with Crippen LogP contribution in [0.25, 0.3) is 0 Å². The van der Waals surface area contributed by atoms with Crippen molar-refractivity contribution in [3.05, 3.63) is 59.7 Å². The molecule has 33 heavy (non-hydrogen) atoms. The number of nitrogens with zero attached hydrogens (tertiary/aromatic N) is 2. The van der Waals surface area contributed by atoms with Crippen molar-refractivity contribution in [1.29, 1.82) is 0 Å². The highest BCUT2D eigenvalue weighted by Gasteiger charge is 2.38. The molecule has 1 saturated heterocycles. The van der Waals surface area contributed by atoms with Crippen molar-refractivity contribution in [2.24, 2.45) is 5.92 Å². The van der Waals surface area contributed by atoms with E-state index in [1.807, 2.05) is 29.2 Å². The van der Waals surface area contributed by atoms with E-state index in [0.29, 0.717) is 25.9 Å². The van der Waals surface area contributed by atoms with Gasteiger partial charge in [0.05, 0.1) is 18.6 Å². The topological polar surface area (TPSA) is 59.1 Å². The summed E-state index contributed by atoms with van der Waals surface area (Å²) in [5.41, 5.74) is 1.11. The summed E-state index contributed by atoms with van der Waals surface area (Å²) >= 11 is 0. The molecule has 2 aromatic rings. The lowest BCUT2D eigenvalue weighted by Gasteiger charge is -2.35. The van der Waals surface area contributed by atoms with Crippen molar-refractivity contribution in [1.82, 2.24) is 9.80 Å². The number of rotatable bonds is 8. The molecule has 0 radical (unpaired) electrons. The molecule has 1 saturated carbocycles. The lowest BCUT2D eigenvalue weighted by atomic mass is 9.95. The smallest absolute Gasteiger partial charge is 0.387 e. The largest absolute Gasteiger partial charge is 0.497 e. The highest BCUT2D eigenvalue weighted by atomic mass is 19.3. The minimum atomic E-state index is -3.01. The van der Waals surface area contributed by atoms with Gasteiger partial charge in [-0.05, 0) is 55.5 Å². The van der Waals surface area contributed by atoms with Gasteiger partial charge in [0, 0.05) is 25.7 Å². The maximum Gasteiger partial charge on any atom is 0.387 e. The van der Waals surface area contributed by atoms with E-state index in [-0.39, 0.29) is 35.7 Å². The number of alkyl halides is 2. The Bertz CT molecular complexity index is 979. The average molecular weight is 459 g/mol. The summed E-state index contributed by atoms with van der Waals surface area (Å²) < 4.78 is 35.3. The van der Waals surface area contributed by atoms with Crippen molar-refractivity contribution in [3.8, 4) is 11.5 Å². The number of carbonyl (C=O) groups excluding carboxylic acids is 2. The number of para-hydroxylation sites is 1. The summed E-state index contributed by atoms with van der Waals surface area (Å²) in [6, 6.07) is 13.9. The van der Waals surface area contributed by atoms with E-state index in [1.165, 1.54) is 12.1 Å². The molecule has 4 rings (SSSR count). The number of piperidine rings is 1. The van der Waals surface area contributed by atoms with Gasteiger partial charge in [-0.1, -0.05) is 24.3 Å². The van der Waals surface area contributed by atoms with Gasteiger partial charge in [-0.15, -0.1) is 0 Å². The van der Waals surface area contributed by atoms with E-state index in [4.69, 9.17) is 4.74 Å². The van der Waals surface area contributed by atoms with Crippen LogP contribution in [0.15, 0.2) is 48.5 Å². The van der Waals surface area contributed by atoms with E-state index < -0.39 is 12.5 Å². The van der Waals surface area contributed by atoms with E-state index >= 15 is 0 Å². The van der Waals surface area contributed by atoms with Crippen LogP contribution in [0.1, 0.15) is 41.6 Å². The maximum absolute atomic E-state index is 13.5. The van der Waals surface area contributed by atoms with Crippen molar-refractivity contribution in [3.63, 3.8) is 0 Å². The average Bonchev–Trinajstić information content (AvgIpc) is 3.67. The third-order valence-electron chi connectivity index (χ3n) is 6.17. The Morgan fingerprint density at radius 1 is 1.09 bits per heavy atom. The minimum Gasteiger partial charge on any atom is -0.497 e. The number of ether oxygens (including phenoxy) is 2. The van der Waals surface area contributed by atoms with Crippen LogP contribution in [0, 0.1) is 5.92 Å². The van der Waals surface area contributed by atoms with Crippen LogP contribution >= 0.6 is 0 Å². The molecule has 176 valence electrons. The molecule has 1 atom stereocenters. The molecule has 1 unspecified atom stereocenters. The van der Waals surface area contributed by atoms with E-state index in [2.05, 4.69) is 4.74 Å². The second kappa shape index (κ2) is 10.2. The fourth-order valence-corrected chi connectivity index (χ4v) is 4.31. The third-order valence-corrected chi connectivity index (χ3v) is 6.17. The molecule has 1 aliphatic heterocycles. The van der Waals surface area contributed by atoms with Crippen LogP contribution in [-0.4, -0.2) is 54.5 Å². The standard InChI is InChI=1S/C25H28F2N2O4/c1-32-20-12-8-17(9-13-20)15-29(19-10-11-19)23(30)18-5-4-14-28(16-18)24(31)21-6-2-3-7-22(21)33-25(26)27/h2-3,6-9,12-13,18-19,25H,4-5,10-11,14-16H2,1H3. The lowest BCUT2D eigenvalue weighted by molar-refractivity contribution is -0.138. The first-order valence-electron chi connectivity index (χ1n) is 11.2. The van der Waals surface area contributed by atoms with Crippen molar-refractivity contribution in [2.75, 3.05) is 20.2 Å². The first kappa shape index (κ1) is 23.0. The molecule has 6 nitrogen and oxygen atoms in total. The lowest BCUT2D eigenvalue weighted by Crippen LogP contribution is -2.47. The van der Waals surface area contributed by atoms with Gasteiger partial charge in [0.15, 0.2) is 0 Å². The number of amides is 2. The molecular weight excluding hydrogens is 430 g/mol. The van der Waals surface area contributed by atoms with Crippen LogP contribution in [0.5, 0.6) is 11.5 Å². The highest BCUT2D eigenvalue weighted by molar-refractivity contribution is 5.97. The number of benzene rings is 2. The molecular formula is C25H28F2N2O4. The number of hydrogen-bond donors (Lipinski definition) is 0. The molecule has 8 heteroatoms. The van der Waals surface area contributed by atoms with Crippen molar-refractivity contribution >= 4 is 11.8 Å². The molecule has 0 aromatic heterocycles. The van der Waals surface area contributed by atoms with Crippen molar-refractivity contribution in [2.45, 2.75) is 44.9 Å². The molecule has 2 amide bonds. The maximum atomic E-state index is 13.5. The Balaban J connectivity index is 1.45. The number of carbonyl (C=O) groups is 2. The van der Waals surface area contributed by atoms with Crippen LogP contribution in [-0.2, 0) is 11.3 Å².